The maximum absolute atomic E-state index is 13.5. The van der Waals surface area contributed by atoms with E-state index < -0.39 is 29.5 Å². The number of amides is 2. The Morgan fingerprint density at radius 3 is 2.69 bits per heavy atom. The first-order chi connectivity index (χ1) is 12.4. The van der Waals surface area contributed by atoms with Crippen LogP contribution in [-0.2, 0) is 4.79 Å². The molecule has 0 radical (unpaired) electrons. The predicted molar refractivity (Wildman–Crippen MR) is 91.3 cm³/mol. The van der Waals surface area contributed by atoms with Gasteiger partial charge in [-0.2, -0.15) is 0 Å². The molecule has 8 heteroatoms. The molecule has 0 saturated carbocycles. The van der Waals surface area contributed by atoms with Gasteiger partial charge in [-0.3, -0.25) is 9.59 Å². The van der Waals surface area contributed by atoms with Crippen LogP contribution in [0.1, 0.15) is 29.1 Å². The molecule has 0 fully saturated rings. The molecule has 2 aromatic carbocycles. The number of para-hydroxylation sites is 2. The number of fused-ring (bicyclic) bond motifs is 1. The summed E-state index contributed by atoms with van der Waals surface area (Å²) in [5.74, 6) is -2.45. The van der Waals surface area contributed by atoms with E-state index in [4.69, 9.17) is 0 Å². The molecule has 0 bridgehead atoms. The van der Waals surface area contributed by atoms with Crippen LogP contribution < -0.4 is 10.6 Å². The number of H-pyrrole nitrogens is 1. The molecular weight excluding hydrogens is 342 g/mol. The minimum absolute atomic E-state index is 0.329. The number of rotatable bonds is 5. The van der Waals surface area contributed by atoms with Gasteiger partial charge in [-0.15, -0.1) is 0 Å². The van der Waals surface area contributed by atoms with Crippen LogP contribution in [0.2, 0.25) is 0 Å². The van der Waals surface area contributed by atoms with Crippen molar-refractivity contribution in [2.75, 3.05) is 6.54 Å². The van der Waals surface area contributed by atoms with Gasteiger partial charge in [-0.25, -0.2) is 13.8 Å². The van der Waals surface area contributed by atoms with Crippen molar-refractivity contribution in [1.29, 1.82) is 0 Å². The van der Waals surface area contributed by atoms with Gasteiger partial charge in [-0.1, -0.05) is 12.1 Å². The van der Waals surface area contributed by atoms with Gasteiger partial charge in [-0.05, 0) is 31.2 Å². The monoisotopic (exact) mass is 358 g/mol. The second-order valence-corrected chi connectivity index (χ2v) is 5.74. The summed E-state index contributed by atoms with van der Waals surface area (Å²) in [4.78, 5) is 31.4. The minimum Gasteiger partial charge on any atom is -0.345 e. The van der Waals surface area contributed by atoms with E-state index in [1.165, 1.54) is 0 Å². The maximum atomic E-state index is 13.5. The Kier molecular flexibility index (Phi) is 4.92. The van der Waals surface area contributed by atoms with Gasteiger partial charge in [0.05, 0.1) is 29.2 Å². The van der Waals surface area contributed by atoms with E-state index in [0.717, 1.165) is 23.2 Å². The van der Waals surface area contributed by atoms with Gasteiger partial charge < -0.3 is 15.6 Å². The second-order valence-electron chi connectivity index (χ2n) is 5.74. The molecule has 2 amide bonds. The van der Waals surface area contributed by atoms with Crippen molar-refractivity contribution in [2.45, 2.75) is 13.0 Å². The predicted octanol–water partition coefficient (Wildman–Crippen LogP) is 2.45. The molecule has 0 aliphatic carbocycles. The summed E-state index contributed by atoms with van der Waals surface area (Å²) < 4.78 is 26.4. The smallest absolute Gasteiger partial charge is 0.254 e. The molecule has 3 N–H and O–H groups in total. The van der Waals surface area contributed by atoms with Gasteiger partial charge in [0.2, 0.25) is 5.91 Å². The van der Waals surface area contributed by atoms with E-state index in [1.54, 1.807) is 6.92 Å². The van der Waals surface area contributed by atoms with Gasteiger partial charge in [0.15, 0.2) is 0 Å². The largest absolute Gasteiger partial charge is 0.345 e. The molecule has 1 unspecified atom stereocenters. The Hall–Kier alpha value is -3.29. The number of hydrogen-bond donors (Lipinski definition) is 3. The summed E-state index contributed by atoms with van der Waals surface area (Å²) in [6.07, 6.45) is 0. The number of aromatic amines is 1. The number of carbonyl (C=O) groups excluding carboxylic acids is 2. The number of hydrogen-bond acceptors (Lipinski definition) is 3. The second kappa shape index (κ2) is 7.30. The fourth-order valence-corrected chi connectivity index (χ4v) is 2.47. The SMILES string of the molecule is CC(NC(=O)CNC(=O)c1ccc(F)cc1F)c1nc2ccccc2[nH]1. The fourth-order valence-electron chi connectivity index (χ4n) is 2.47. The molecule has 1 atom stereocenters. The van der Waals surface area contributed by atoms with Crippen LogP contribution in [0.25, 0.3) is 11.0 Å². The highest BCUT2D eigenvalue weighted by Gasteiger charge is 2.16. The zero-order valence-corrected chi connectivity index (χ0v) is 13.8. The van der Waals surface area contributed by atoms with E-state index >= 15 is 0 Å². The Bertz CT molecular complexity index is 938. The van der Waals surface area contributed by atoms with Gasteiger partial charge >= 0.3 is 0 Å². The Morgan fingerprint density at radius 2 is 1.96 bits per heavy atom. The molecular formula is C18H16F2N4O2. The molecule has 1 aromatic heterocycles. The maximum Gasteiger partial charge on any atom is 0.254 e. The summed E-state index contributed by atoms with van der Waals surface area (Å²) in [7, 11) is 0. The third-order valence-corrected chi connectivity index (χ3v) is 3.78. The Balaban J connectivity index is 1.57. The third-order valence-electron chi connectivity index (χ3n) is 3.78. The molecule has 0 aliphatic heterocycles. The number of benzene rings is 2. The first-order valence-corrected chi connectivity index (χ1v) is 7.91. The number of nitrogens with zero attached hydrogens (tertiary/aromatic N) is 1. The fraction of sp³-hybridized carbons (Fsp3) is 0.167. The lowest BCUT2D eigenvalue weighted by molar-refractivity contribution is -0.120. The van der Waals surface area contributed by atoms with Crippen molar-refractivity contribution in [3.8, 4) is 0 Å². The minimum atomic E-state index is -0.987. The lowest BCUT2D eigenvalue weighted by Gasteiger charge is -2.12. The summed E-state index contributed by atoms with van der Waals surface area (Å²) in [5, 5.41) is 4.98. The summed E-state index contributed by atoms with van der Waals surface area (Å²) >= 11 is 0. The quantitative estimate of drug-likeness (QED) is 0.655. The number of imidazole rings is 1. The van der Waals surface area contributed by atoms with Crippen molar-refractivity contribution < 1.29 is 18.4 Å². The van der Waals surface area contributed by atoms with Crippen LogP contribution in [0.3, 0.4) is 0 Å². The third kappa shape index (κ3) is 3.85. The summed E-state index contributed by atoms with van der Waals surface area (Å²) in [5.41, 5.74) is 1.30. The van der Waals surface area contributed by atoms with Crippen molar-refractivity contribution in [1.82, 2.24) is 20.6 Å². The lowest BCUT2D eigenvalue weighted by atomic mass is 10.2. The van der Waals surface area contributed by atoms with E-state index in [2.05, 4.69) is 20.6 Å². The van der Waals surface area contributed by atoms with Gasteiger partial charge in [0.1, 0.15) is 17.5 Å². The summed E-state index contributed by atoms with van der Waals surface area (Å²) in [6, 6.07) is 9.65. The molecule has 6 nitrogen and oxygen atoms in total. The highest BCUT2D eigenvalue weighted by Crippen LogP contribution is 2.15. The molecule has 3 rings (SSSR count). The number of carbonyl (C=O) groups is 2. The van der Waals surface area contributed by atoms with E-state index in [1.807, 2.05) is 24.3 Å². The van der Waals surface area contributed by atoms with Crippen LogP contribution in [-0.4, -0.2) is 28.3 Å². The van der Waals surface area contributed by atoms with Crippen LogP contribution in [0.5, 0.6) is 0 Å². The molecule has 1 heterocycles. The Labute approximate surface area is 147 Å². The zero-order valence-electron chi connectivity index (χ0n) is 13.8. The van der Waals surface area contributed by atoms with E-state index in [-0.39, 0.29) is 12.1 Å². The molecule has 134 valence electrons. The zero-order chi connectivity index (χ0) is 18.7. The molecule has 0 spiro atoms. The van der Waals surface area contributed by atoms with E-state index in [0.29, 0.717) is 11.9 Å². The standard InChI is InChI=1S/C18H16F2N4O2/c1-10(17-23-14-4-2-3-5-15(14)24-17)22-16(25)9-21-18(26)12-7-6-11(19)8-13(12)20/h2-8,10H,9H2,1H3,(H,21,26)(H,22,25)(H,23,24). The first kappa shape index (κ1) is 17.5. The van der Waals surface area contributed by atoms with Gasteiger partial charge in [0, 0.05) is 6.07 Å². The van der Waals surface area contributed by atoms with Crippen molar-refractivity contribution >= 4 is 22.8 Å². The molecule has 0 saturated heterocycles. The summed E-state index contributed by atoms with van der Waals surface area (Å²) in [6.45, 7) is 1.40. The van der Waals surface area contributed by atoms with Crippen LogP contribution in [0.15, 0.2) is 42.5 Å². The van der Waals surface area contributed by atoms with E-state index in [9.17, 15) is 18.4 Å². The molecule has 3 aromatic rings. The molecule has 0 aliphatic rings. The van der Waals surface area contributed by atoms with Crippen molar-refractivity contribution in [3.05, 3.63) is 65.5 Å². The van der Waals surface area contributed by atoms with Crippen molar-refractivity contribution in [3.63, 3.8) is 0 Å². The van der Waals surface area contributed by atoms with Crippen molar-refractivity contribution in [2.24, 2.45) is 0 Å². The highest BCUT2D eigenvalue weighted by atomic mass is 19.1. The van der Waals surface area contributed by atoms with Crippen LogP contribution in [0.4, 0.5) is 8.78 Å². The first-order valence-electron chi connectivity index (χ1n) is 7.91. The lowest BCUT2D eigenvalue weighted by Crippen LogP contribution is -2.38. The topological polar surface area (TPSA) is 86.9 Å². The number of aromatic nitrogens is 2. The Morgan fingerprint density at radius 1 is 1.19 bits per heavy atom. The highest BCUT2D eigenvalue weighted by molar-refractivity contribution is 5.96. The molecule has 26 heavy (non-hydrogen) atoms. The van der Waals surface area contributed by atoms with Crippen LogP contribution >= 0.6 is 0 Å². The van der Waals surface area contributed by atoms with Gasteiger partial charge in [0.25, 0.3) is 5.91 Å². The average Bonchev–Trinajstić information content (AvgIpc) is 3.04. The number of nitrogens with one attached hydrogen (secondary N) is 3. The average molecular weight is 358 g/mol. The van der Waals surface area contributed by atoms with Crippen LogP contribution in [0, 0.1) is 11.6 Å². The number of halogens is 2. The normalized spacial score (nSPS) is 12.0.